The van der Waals surface area contributed by atoms with E-state index in [-0.39, 0.29) is 0 Å². The van der Waals surface area contributed by atoms with Crippen molar-refractivity contribution in [1.29, 1.82) is 0 Å². The summed E-state index contributed by atoms with van der Waals surface area (Å²) in [4.78, 5) is 0. The van der Waals surface area contributed by atoms with Gasteiger partial charge in [-0.3, -0.25) is 0 Å². The van der Waals surface area contributed by atoms with E-state index in [1.807, 2.05) is 22.9 Å². The zero-order valence-corrected chi connectivity index (χ0v) is 12.5. The Balaban J connectivity index is 2.00. The Kier molecular flexibility index (Phi) is 3.53. The fraction of sp³-hybridized carbons (Fsp3) is 0.533. The Morgan fingerprint density at radius 3 is 2.81 bits per heavy atom. The van der Waals surface area contributed by atoms with E-state index in [0.717, 1.165) is 18.5 Å². The van der Waals surface area contributed by atoms with Gasteiger partial charge in [0.25, 0.3) is 0 Å². The molecule has 0 radical (unpaired) electrons. The van der Waals surface area contributed by atoms with Crippen molar-refractivity contribution >= 4 is 5.69 Å². The van der Waals surface area contributed by atoms with Gasteiger partial charge in [0, 0.05) is 5.69 Å². The molecule has 112 valence electrons. The van der Waals surface area contributed by atoms with Crippen LogP contribution in [0.4, 0.5) is 5.69 Å². The standard InChI is InChI=1S/C15H21N5O/c1-3-15(8-5-9-15)10-20-14(17-18-19-20)13-11(16)6-4-7-12(13)21-2/h4,6-7H,3,5,8-10,16H2,1-2H3. The van der Waals surface area contributed by atoms with Gasteiger partial charge in [-0.15, -0.1) is 5.10 Å². The number of nitrogens with zero attached hydrogens (tertiary/aromatic N) is 4. The van der Waals surface area contributed by atoms with Crippen molar-refractivity contribution in [3.63, 3.8) is 0 Å². The molecule has 0 atom stereocenters. The molecule has 0 bridgehead atoms. The van der Waals surface area contributed by atoms with Crippen LogP contribution < -0.4 is 10.5 Å². The van der Waals surface area contributed by atoms with Crippen LogP contribution in [0.5, 0.6) is 5.75 Å². The van der Waals surface area contributed by atoms with Crippen molar-refractivity contribution in [3.8, 4) is 17.1 Å². The zero-order chi connectivity index (χ0) is 14.9. The summed E-state index contributed by atoms with van der Waals surface area (Å²) in [6.07, 6.45) is 4.92. The van der Waals surface area contributed by atoms with E-state index in [4.69, 9.17) is 10.5 Å². The van der Waals surface area contributed by atoms with Gasteiger partial charge < -0.3 is 10.5 Å². The Labute approximate surface area is 124 Å². The first-order chi connectivity index (χ1) is 10.2. The summed E-state index contributed by atoms with van der Waals surface area (Å²) in [5.41, 5.74) is 7.85. The number of rotatable bonds is 5. The molecule has 0 unspecified atom stereocenters. The predicted molar refractivity (Wildman–Crippen MR) is 80.8 cm³/mol. The van der Waals surface area contributed by atoms with Gasteiger partial charge in [-0.05, 0) is 47.2 Å². The highest BCUT2D eigenvalue weighted by Gasteiger charge is 2.36. The lowest BCUT2D eigenvalue weighted by Crippen LogP contribution is -2.34. The maximum absolute atomic E-state index is 6.11. The summed E-state index contributed by atoms with van der Waals surface area (Å²) in [6.45, 7) is 3.07. The average Bonchev–Trinajstić information content (AvgIpc) is 2.90. The van der Waals surface area contributed by atoms with Crippen LogP contribution in [0, 0.1) is 5.41 Å². The first-order valence-corrected chi connectivity index (χ1v) is 7.38. The summed E-state index contributed by atoms with van der Waals surface area (Å²) in [5.74, 6) is 1.38. The van der Waals surface area contributed by atoms with Gasteiger partial charge in [0.2, 0.25) is 0 Å². The van der Waals surface area contributed by atoms with Gasteiger partial charge in [-0.1, -0.05) is 19.4 Å². The molecule has 1 fully saturated rings. The van der Waals surface area contributed by atoms with Crippen LogP contribution in [0.1, 0.15) is 32.6 Å². The number of ether oxygens (including phenoxy) is 1. The van der Waals surface area contributed by atoms with Crippen LogP contribution in [0.3, 0.4) is 0 Å². The molecule has 0 amide bonds. The SMILES string of the molecule is CCC1(Cn2nnnc2-c2c(N)cccc2OC)CCC1. The molecule has 21 heavy (non-hydrogen) atoms. The van der Waals surface area contributed by atoms with E-state index in [1.54, 1.807) is 7.11 Å². The molecule has 1 saturated carbocycles. The van der Waals surface area contributed by atoms with E-state index in [2.05, 4.69) is 22.4 Å². The van der Waals surface area contributed by atoms with Gasteiger partial charge in [-0.25, -0.2) is 4.68 Å². The normalized spacial score (nSPS) is 16.5. The summed E-state index contributed by atoms with van der Waals surface area (Å²) in [7, 11) is 1.63. The number of nitrogen functional groups attached to an aromatic ring is 1. The van der Waals surface area contributed by atoms with Crippen LogP contribution >= 0.6 is 0 Å². The van der Waals surface area contributed by atoms with Crippen molar-refractivity contribution in [3.05, 3.63) is 18.2 Å². The summed E-state index contributed by atoms with van der Waals surface area (Å²) >= 11 is 0. The highest BCUT2D eigenvalue weighted by atomic mass is 16.5. The monoisotopic (exact) mass is 287 g/mol. The van der Waals surface area contributed by atoms with Crippen molar-refractivity contribution in [1.82, 2.24) is 20.2 Å². The molecule has 6 nitrogen and oxygen atoms in total. The summed E-state index contributed by atoms with van der Waals surface area (Å²) < 4.78 is 7.28. The molecule has 1 aromatic heterocycles. The van der Waals surface area contributed by atoms with Crippen molar-refractivity contribution < 1.29 is 4.74 Å². The lowest BCUT2D eigenvalue weighted by molar-refractivity contribution is 0.0948. The second-order valence-electron chi connectivity index (χ2n) is 5.79. The zero-order valence-electron chi connectivity index (χ0n) is 12.5. The van der Waals surface area contributed by atoms with Gasteiger partial charge in [-0.2, -0.15) is 0 Å². The van der Waals surface area contributed by atoms with Crippen molar-refractivity contribution in [2.75, 3.05) is 12.8 Å². The van der Waals surface area contributed by atoms with Crippen LogP contribution in [0.2, 0.25) is 0 Å². The molecule has 1 aliphatic carbocycles. The van der Waals surface area contributed by atoms with Gasteiger partial charge >= 0.3 is 0 Å². The fourth-order valence-corrected chi connectivity index (χ4v) is 3.07. The van der Waals surface area contributed by atoms with E-state index >= 15 is 0 Å². The molecule has 6 heteroatoms. The number of anilines is 1. The Morgan fingerprint density at radius 1 is 1.38 bits per heavy atom. The van der Waals surface area contributed by atoms with Crippen molar-refractivity contribution in [2.45, 2.75) is 39.2 Å². The number of methoxy groups -OCH3 is 1. The van der Waals surface area contributed by atoms with Gasteiger partial charge in [0.05, 0.1) is 19.2 Å². The number of aromatic nitrogens is 4. The number of hydrogen-bond donors (Lipinski definition) is 1. The Morgan fingerprint density at radius 2 is 2.19 bits per heavy atom. The second-order valence-corrected chi connectivity index (χ2v) is 5.79. The smallest absolute Gasteiger partial charge is 0.187 e. The number of tetrazole rings is 1. The van der Waals surface area contributed by atoms with Crippen LogP contribution in [0.25, 0.3) is 11.4 Å². The van der Waals surface area contributed by atoms with E-state index in [1.165, 1.54) is 19.3 Å². The highest BCUT2D eigenvalue weighted by Crippen LogP contribution is 2.45. The number of benzene rings is 1. The second kappa shape index (κ2) is 5.35. The topological polar surface area (TPSA) is 78.9 Å². The van der Waals surface area contributed by atoms with Gasteiger partial charge in [0.15, 0.2) is 5.82 Å². The fourth-order valence-electron chi connectivity index (χ4n) is 3.07. The number of nitrogens with two attached hydrogens (primary N) is 1. The first kappa shape index (κ1) is 13.9. The molecule has 3 rings (SSSR count). The summed E-state index contributed by atoms with van der Waals surface area (Å²) in [5, 5.41) is 12.2. The average molecular weight is 287 g/mol. The predicted octanol–water partition coefficient (Wildman–Crippen LogP) is 2.51. The van der Waals surface area contributed by atoms with Gasteiger partial charge in [0.1, 0.15) is 5.75 Å². The Hall–Kier alpha value is -2.11. The number of hydrogen-bond acceptors (Lipinski definition) is 5. The molecule has 0 saturated heterocycles. The molecular weight excluding hydrogens is 266 g/mol. The van der Waals surface area contributed by atoms with E-state index in [0.29, 0.717) is 22.7 Å². The quantitative estimate of drug-likeness (QED) is 0.855. The minimum Gasteiger partial charge on any atom is -0.496 e. The molecule has 2 aromatic rings. The van der Waals surface area contributed by atoms with Crippen molar-refractivity contribution in [2.24, 2.45) is 5.41 Å². The minimum atomic E-state index is 0.334. The molecular formula is C15H21N5O. The lowest BCUT2D eigenvalue weighted by Gasteiger charge is -2.41. The highest BCUT2D eigenvalue weighted by molar-refractivity contribution is 5.77. The maximum atomic E-state index is 6.11. The van der Waals surface area contributed by atoms with E-state index in [9.17, 15) is 0 Å². The lowest BCUT2D eigenvalue weighted by atomic mass is 9.67. The Bertz CT molecular complexity index is 627. The molecule has 1 heterocycles. The molecule has 1 aromatic carbocycles. The molecule has 1 aliphatic rings. The first-order valence-electron chi connectivity index (χ1n) is 7.38. The largest absolute Gasteiger partial charge is 0.496 e. The molecule has 0 spiro atoms. The molecule has 0 aliphatic heterocycles. The van der Waals surface area contributed by atoms with E-state index < -0.39 is 0 Å². The third kappa shape index (κ3) is 2.34. The third-order valence-corrected chi connectivity index (χ3v) is 4.68. The maximum Gasteiger partial charge on any atom is 0.187 e. The third-order valence-electron chi connectivity index (χ3n) is 4.68. The van der Waals surface area contributed by atoms with Crippen LogP contribution in [-0.4, -0.2) is 27.3 Å². The van der Waals surface area contributed by atoms with Crippen LogP contribution in [0.15, 0.2) is 18.2 Å². The summed E-state index contributed by atoms with van der Waals surface area (Å²) in [6, 6.07) is 5.59. The molecule has 2 N–H and O–H groups in total. The van der Waals surface area contributed by atoms with Crippen LogP contribution in [-0.2, 0) is 6.54 Å². The minimum absolute atomic E-state index is 0.334.